The quantitative estimate of drug-likeness (QED) is 0.596. The number of aliphatic carboxylic acids is 1. The zero-order valence-electron chi connectivity index (χ0n) is 12.5. The Morgan fingerprint density at radius 1 is 1.37 bits per heavy atom. The van der Waals surface area contributed by atoms with Gasteiger partial charge in [-0.2, -0.15) is 0 Å². The van der Waals surface area contributed by atoms with Gasteiger partial charge in [0.15, 0.2) is 0 Å². The van der Waals surface area contributed by atoms with E-state index in [1.54, 1.807) is 6.92 Å². The second kappa shape index (κ2) is 8.15. The van der Waals surface area contributed by atoms with Gasteiger partial charge in [-0.05, 0) is 31.6 Å². The van der Waals surface area contributed by atoms with E-state index >= 15 is 0 Å². The summed E-state index contributed by atoms with van der Waals surface area (Å²) >= 11 is 0. The van der Waals surface area contributed by atoms with E-state index in [2.05, 4.69) is 5.32 Å². The van der Waals surface area contributed by atoms with Gasteiger partial charge in [0.25, 0.3) is 0 Å². The van der Waals surface area contributed by atoms with Crippen LogP contribution in [0.4, 0.5) is 0 Å². The summed E-state index contributed by atoms with van der Waals surface area (Å²) in [6, 6.07) is 0. The first kappa shape index (κ1) is 17.9. The molecular formula is C14H28N2O3. The van der Waals surface area contributed by atoms with E-state index in [4.69, 9.17) is 10.8 Å². The predicted octanol–water partition coefficient (Wildman–Crippen LogP) is 1.76. The molecule has 0 aliphatic rings. The van der Waals surface area contributed by atoms with Gasteiger partial charge in [0.2, 0.25) is 5.91 Å². The van der Waals surface area contributed by atoms with Crippen molar-refractivity contribution in [2.45, 2.75) is 58.9 Å². The van der Waals surface area contributed by atoms with Gasteiger partial charge in [-0.25, -0.2) is 0 Å². The average Bonchev–Trinajstić information content (AvgIpc) is 2.23. The van der Waals surface area contributed by atoms with E-state index in [-0.39, 0.29) is 18.2 Å². The molecule has 0 aromatic carbocycles. The van der Waals surface area contributed by atoms with Crippen molar-refractivity contribution in [1.82, 2.24) is 5.32 Å². The van der Waals surface area contributed by atoms with Crippen LogP contribution in [-0.4, -0.2) is 29.1 Å². The van der Waals surface area contributed by atoms with Gasteiger partial charge in [0.1, 0.15) is 0 Å². The first-order valence-electron chi connectivity index (χ1n) is 6.98. The molecular weight excluding hydrogens is 244 g/mol. The Bertz CT molecular complexity index is 301. The molecule has 5 heteroatoms. The van der Waals surface area contributed by atoms with Crippen LogP contribution in [-0.2, 0) is 9.59 Å². The highest BCUT2D eigenvalue weighted by Crippen LogP contribution is 2.15. The number of carboxylic acids is 1. The summed E-state index contributed by atoms with van der Waals surface area (Å²) in [7, 11) is 0. The minimum Gasteiger partial charge on any atom is -0.481 e. The lowest BCUT2D eigenvalue weighted by atomic mass is 9.92. The number of carbonyl (C=O) groups is 2. The van der Waals surface area contributed by atoms with Crippen LogP contribution in [0.1, 0.15) is 53.4 Å². The molecule has 2 atom stereocenters. The minimum absolute atomic E-state index is 0.0427. The Balaban J connectivity index is 4.37. The third-order valence-corrected chi connectivity index (χ3v) is 3.11. The fourth-order valence-electron chi connectivity index (χ4n) is 2.22. The minimum atomic E-state index is -0.875. The van der Waals surface area contributed by atoms with Crippen LogP contribution in [0.3, 0.4) is 0 Å². The van der Waals surface area contributed by atoms with Gasteiger partial charge in [0, 0.05) is 13.0 Å². The van der Waals surface area contributed by atoms with Crippen LogP contribution in [0.15, 0.2) is 0 Å². The molecule has 19 heavy (non-hydrogen) atoms. The van der Waals surface area contributed by atoms with Crippen LogP contribution in [0, 0.1) is 11.8 Å². The van der Waals surface area contributed by atoms with Crippen LogP contribution < -0.4 is 11.1 Å². The molecule has 0 heterocycles. The molecule has 0 saturated carbocycles. The molecule has 0 aliphatic heterocycles. The normalized spacial score (nSPS) is 15.9. The van der Waals surface area contributed by atoms with Crippen molar-refractivity contribution in [3.8, 4) is 0 Å². The van der Waals surface area contributed by atoms with Crippen molar-refractivity contribution in [1.29, 1.82) is 0 Å². The smallest absolute Gasteiger partial charge is 0.303 e. The highest BCUT2D eigenvalue weighted by molar-refractivity contribution is 5.85. The van der Waals surface area contributed by atoms with Crippen molar-refractivity contribution in [2.75, 3.05) is 6.54 Å². The van der Waals surface area contributed by atoms with Crippen LogP contribution >= 0.6 is 0 Å². The molecule has 0 fully saturated rings. The van der Waals surface area contributed by atoms with Crippen molar-refractivity contribution in [3.05, 3.63) is 0 Å². The molecule has 2 unspecified atom stereocenters. The summed E-state index contributed by atoms with van der Waals surface area (Å²) in [4.78, 5) is 22.7. The zero-order valence-corrected chi connectivity index (χ0v) is 12.5. The number of amides is 1. The fraction of sp³-hybridized carbons (Fsp3) is 0.857. The molecule has 1 amide bonds. The lowest BCUT2D eigenvalue weighted by Crippen LogP contribution is -2.52. The number of carboxylic acid groups (broad SMARTS) is 1. The van der Waals surface area contributed by atoms with Crippen LogP contribution in [0.5, 0.6) is 0 Å². The van der Waals surface area contributed by atoms with Crippen LogP contribution in [0.2, 0.25) is 0 Å². The number of hydrogen-bond acceptors (Lipinski definition) is 3. The molecule has 0 aromatic heterocycles. The largest absolute Gasteiger partial charge is 0.481 e. The summed E-state index contributed by atoms with van der Waals surface area (Å²) in [6.45, 7) is 8.15. The Hall–Kier alpha value is -1.10. The van der Waals surface area contributed by atoms with Crippen molar-refractivity contribution in [3.63, 3.8) is 0 Å². The van der Waals surface area contributed by atoms with Crippen molar-refractivity contribution in [2.24, 2.45) is 17.6 Å². The number of carbonyl (C=O) groups excluding carboxylic acids is 1. The zero-order chi connectivity index (χ0) is 15.1. The van der Waals surface area contributed by atoms with Crippen LogP contribution in [0.25, 0.3) is 0 Å². The number of nitrogens with two attached hydrogens (primary N) is 1. The maximum absolute atomic E-state index is 11.9. The third kappa shape index (κ3) is 7.82. The van der Waals surface area contributed by atoms with Gasteiger partial charge in [-0.1, -0.05) is 27.2 Å². The maximum atomic E-state index is 11.9. The number of hydrogen-bond donors (Lipinski definition) is 3. The average molecular weight is 272 g/mol. The van der Waals surface area contributed by atoms with Gasteiger partial charge >= 0.3 is 5.97 Å². The molecule has 0 rings (SSSR count). The molecule has 112 valence electrons. The number of nitrogens with one attached hydrogen (secondary N) is 1. The first-order valence-corrected chi connectivity index (χ1v) is 6.98. The van der Waals surface area contributed by atoms with Crippen molar-refractivity contribution >= 4 is 11.9 Å². The standard InChI is InChI=1S/C14H28N2O3/c1-5-6-14(4,15)13(19)16-9-11(7-10(2)3)8-12(17)18/h10-11H,5-9,15H2,1-4H3,(H,16,19)(H,17,18). The molecule has 5 nitrogen and oxygen atoms in total. The van der Waals surface area contributed by atoms with E-state index in [0.717, 1.165) is 12.8 Å². The van der Waals surface area contributed by atoms with Crippen molar-refractivity contribution < 1.29 is 14.7 Å². The Morgan fingerprint density at radius 2 is 1.95 bits per heavy atom. The maximum Gasteiger partial charge on any atom is 0.303 e. The molecule has 0 radical (unpaired) electrons. The van der Waals surface area contributed by atoms with E-state index < -0.39 is 11.5 Å². The van der Waals surface area contributed by atoms with Gasteiger partial charge in [0.05, 0.1) is 5.54 Å². The monoisotopic (exact) mass is 272 g/mol. The first-order chi connectivity index (χ1) is 8.69. The molecule has 0 saturated heterocycles. The van der Waals surface area contributed by atoms with Gasteiger partial charge in [-0.3, -0.25) is 9.59 Å². The van der Waals surface area contributed by atoms with E-state index in [1.807, 2.05) is 20.8 Å². The Labute approximate surface area is 115 Å². The molecule has 0 bridgehead atoms. The molecule has 0 aromatic rings. The lowest BCUT2D eigenvalue weighted by molar-refractivity contribution is -0.138. The van der Waals surface area contributed by atoms with E-state index in [0.29, 0.717) is 18.9 Å². The van der Waals surface area contributed by atoms with E-state index in [9.17, 15) is 9.59 Å². The topological polar surface area (TPSA) is 92.4 Å². The lowest BCUT2D eigenvalue weighted by Gasteiger charge is -2.25. The second-order valence-corrected chi connectivity index (χ2v) is 5.97. The summed E-state index contributed by atoms with van der Waals surface area (Å²) < 4.78 is 0. The Kier molecular flexibility index (Phi) is 7.68. The SMILES string of the molecule is CCCC(C)(N)C(=O)NCC(CC(=O)O)CC(C)C. The third-order valence-electron chi connectivity index (χ3n) is 3.11. The fourth-order valence-corrected chi connectivity index (χ4v) is 2.22. The summed E-state index contributed by atoms with van der Waals surface area (Å²) in [5.74, 6) is -0.669. The van der Waals surface area contributed by atoms with Gasteiger partial charge in [-0.15, -0.1) is 0 Å². The molecule has 0 aliphatic carbocycles. The summed E-state index contributed by atoms with van der Waals surface area (Å²) in [6.07, 6.45) is 2.31. The molecule has 0 spiro atoms. The Morgan fingerprint density at radius 3 is 2.37 bits per heavy atom. The predicted molar refractivity (Wildman–Crippen MR) is 75.7 cm³/mol. The number of rotatable bonds is 9. The summed E-state index contributed by atoms with van der Waals surface area (Å²) in [5.41, 5.74) is 5.06. The summed E-state index contributed by atoms with van der Waals surface area (Å²) in [5, 5.41) is 11.7. The molecule has 4 N–H and O–H groups in total. The highest BCUT2D eigenvalue weighted by Gasteiger charge is 2.27. The van der Waals surface area contributed by atoms with E-state index in [1.165, 1.54) is 0 Å². The van der Waals surface area contributed by atoms with Gasteiger partial charge < -0.3 is 16.2 Å². The second-order valence-electron chi connectivity index (χ2n) is 5.97. The highest BCUT2D eigenvalue weighted by atomic mass is 16.4.